The second-order valence-electron chi connectivity index (χ2n) is 7.40. The molecule has 2 aromatic rings. The predicted octanol–water partition coefficient (Wildman–Crippen LogP) is 3.04. The van der Waals surface area contributed by atoms with Crippen molar-refractivity contribution in [1.82, 2.24) is 15.2 Å². The minimum Gasteiger partial charge on any atom is -0.324 e. The average Bonchev–Trinajstić information content (AvgIpc) is 3.10. The lowest BCUT2D eigenvalue weighted by molar-refractivity contribution is -0.136. The van der Waals surface area contributed by atoms with E-state index in [0.717, 1.165) is 39.4 Å². The van der Waals surface area contributed by atoms with Crippen LogP contribution in [0.15, 0.2) is 18.2 Å². The van der Waals surface area contributed by atoms with Gasteiger partial charge >= 0.3 is 6.03 Å². The van der Waals surface area contributed by atoms with Crippen LogP contribution in [0.5, 0.6) is 0 Å². The smallest absolute Gasteiger partial charge is 0.324 e. The molecule has 8 heteroatoms. The highest BCUT2D eigenvalue weighted by molar-refractivity contribution is 7.18. The van der Waals surface area contributed by atoms with Gasteiger partial charge in [0.2, 0.25) is 5.91 Å². The molecule has 2 unspecified atom stereocenters. The van der Waals surface area contributed by atoms with Crippen molar-refractivity contribution in [2.24, 2.45) is 5.92 Å². The average molecular weight is 386 g/mol. The first-order valence-electron chi connectivity index (χ1n) is 9.20. The van der Waals surface area contributed by atoms with Crippen LogP contribution in [0.2, 0.25) is 0 Å². The highest BCUT2D eigenvalue weighted by atomic mass is 32.1. The molecule has 4 rings (SSSR count). The van der Waals surface area contributed by atoms with Crippen molar-refractivity contribution in [3.05, 3.63) is 23.2 Å². The lowest BCUT2D eigenvalue weighted by atomic mass is 9.73. The number of hydrogen-bond donors (Lipinski definition) is 2. The SMILES string of the molecule is Cc1nc2ccc(NC(=O)CN3C(=O)NC4(CCCCC4C)C3=O)cc2s1. The number of rotatable bonds is 3. The molecule has 2 aliphatic rings. The van der Waals surface area contributed by atoms with E-state index in [1.54, 1.807) is 17.4 Å². The van der Waals surface area contributed by atoms with Crippen molar-refractivity contribution >= 4 is 45.1 Å². The molecule has 1 saturated heterocycles. The Balaban J connectivity index is 1.47. The molecule has 7 nitrogen and oxygen atoms in total. The van der Waals surface area contributed by atoms with E-state index >= 15 is 0 Å². The molecule has 1 aliphatic carbocycles. The van der Waals surface area contributed by atoms with Crippen molar-refractivity contribution in [2.45, 2.75) is 45.1 Å². The summed E-state index contributed by atoms with van der Waals surface area (Å²) in [5.74, 6) is -0.587. The van der Waals surface area contributed by atoms with E-state index < -0.39 is 11.6 Å². The van der Waals surface area contributed by atoms with E-state index in [2.05, 4.69) is 15.6 Å². The van der Waals surface area contributed by atoms with Gasteiger partial charge < -0.3 is 10.6 Å². The van der Waals surface area contributed by atoms with Gasteiger partial charge in [-0.25, -0.2) is 9.78 Å². The van der Waals surface area contributed by atoms with Crippen molar-refractivity contribution in [2.75, 3.05) is 11.9 Å². The van der Waals surface area contributed by atoms with Crippen molar-refractivity contribution in [1.29, 1.82) is 0 Å². The summed E-state index contributed by atoms with van der Waals surface area (Å²) in [4.78, 5) is 43.2. The highest BCUT2D eigenvalue weighted by Crippen LogP contribution is 2.38. The number of imide groups is 1. The standard InChI is InChI=1S/C19H22N4O3S/c1-11-5-3-4-8-19(11)17(25)23(18(26)22-19)10-16(24)21-13-6-7-14-15(9-13)27-12(2)20-14/h6-7,9,11H,3-5,8,10H2,1-2H3,(H,21,24)(H,22,26). The molecule has 1 aromatic carbocycles. The maximum atomic E-state index is 12.9. The number of aryl methyl sites for hydroxylation is 1. The van der Waals surface area contributed by atoms with Crippen molar-refractivity contribution < 1.29 is 14.4 Å². The zero-order valence-corrected chi connectivity index (χ0v) is 16.2. The number of anilines is 1. The molecule has 0 bridgehead atoms. The monoisotopic (exact) mass is 386 g/mol. The van der Waals surface area contributed by atoms with E-state index in [-0.39, 0.29) is 24.3 Å². The number of urea groups is 1. The van der Waals surface area contributed by atoms with Crippen LogP contribution in [0.3, 0.4) is 0 Å². The van der Waals surface area contributed by atoms with Crippen LogP contribution < -0.4 is 10.6 Å². The summed E-state index contributed by atoms with van der Waals surface area (Å²) < 4.78 is 0.982. The Morgan fingerprint density at radius 1 is 1.41 bits per heavy atom. The van der Waals surface area contributed by atoms with Gasteiger partial charge in [-0.2, -0.15) is 0 Å². The summed E-state index contributed by atoms with van der Waals surface area (Å²) >= 11 is 1.55. The Labute approximate surface area is 161 Å². The third-order valence-corrected chi connectivity index (χ3v) is 6.52. The molecule has 1 aliphatic heterocycles. The van der Waals surface area contributed by atoms with Crippen LogP contribution in [-0.2, 0) is 9.59 Å². The first-order valence-corrected chi connectivity index (χ1v) is 10.0. The van der Waals surface area contributed by atoms with Crippen LogP contribution >= 0.6 is 11.3 Å². The first-order chi connectivity index (χ1) is 12.9. The van der Waals surface area contributed by atoms with Gasteiger partial charge in [-0.05, 0) is 43.9 Å². The van der Waals surface area contributed by atoms with Gasteiger partial charge in [0.25, 0.3) is 5.91 Å². The fourth-order valence-electron chi connectivity index (χ4n) is 4.10. The van der Waals surface area contributed by atoms with E-state index in [1.165, 1.54) is 0 Å². The van der Waals surface area contributed by atoms with E-state index in [4.69, 9.17) is 0 Å². The number of carbonyl (C=O) groups is 3. The van der Waals surface area contributed by atoms with Crippen LogP contribution in [0, 0.1) is 12.8 Å². The molecule has 27 heavy (non-hydrogen) atoms. The van der Waals surface area contributed by atoms with Gasteiger partial charge in [0.05, 0.1) is 15.2 Å². The molecular weight excluding hydrogens is 364 g/mol. The maximum Gasteiger partial charge on any atom is 0.325 e. The Morgan fingerprint density at radius 2 is 2.22 bits per heavy atom. The van der Waals surface area contributed by atoms with Gasteiger partial charge in [-0.3, -0.25) is 14.5 Å². The number of nitrogens with one attached hydrogen (secondary N) is 2. The number of hydrogen-bond acceptors (Lipinski definition) is 5. The molecule has 2 N–H and O–H groups in total. The Kier molecular flexibility index (Phi) is 4.38. The Hall–Kier alpha value is -2.48. The topological polar surface area (TPSA) is 91.4 Å². The third-order valence-electron chi connectivity index (χ3n) is 5.58. The molecule has 1 spiro atoms. The minimum atomic E-state index is -0.839. The fourth-order valence-corrected chi connectivity index (χ4v) is 4.97. The molecule has 1 saturated carbocycles. The summed E-state index contributed by atoms with van der Waals surface area (Å²) in [6, 6.07) is 5.00. The first kappa shape index (κ1) is 17.9. The summed E-state index contributed by atoms with van der Waals surface area (Å²) in [5.41, 5.74) is 0.677. The molecule has 2 atom stereocenters. The molecule has 0 radical (unpaired) electrons. The second kappa shape index (κ2) is 6.60. The van der Waals surface area contributed by atoms with Crippen molar-refractivity contribution in [3.63, 3.8) is 0 Å². The van der Waals surface area contributed by atoms with E-state index in [9.17, 15) is 14.4 Å². The lowest BCUT2D eigenvalue weighted by Gasteiger charge is -2.36. The summed E-state index contributed by atoms with van der Waals surface area (Å²) in [6.07, 6.45) is 3.51. The molecule has 142 valence electrons. The van der Waals surface area contributed by atoms with Gasteiger partial charge in [-0.15, -0.1) is 11.3 Å². The van der Waals surface area contributed by atoms with Crippen LogP contribution in [0.25, 0.3) is 10.2 Å². The second-order valence-corrected chi connectivity index (χ2v) is 8.64. The Morgan fingerprint density at radius 3 is 3.00 bits per heavy atom. The summed E-state index contributed by atoms with van der Waals surface area (Å²) in [7, 11) is 0. The summed E-state index contributed by atoms with van der Waals surface area (Å²) in [5, 5.41) is 6.60. The predicted molar refractivity (Wildman–Crippen MR) is 104 cm³/mol. The van der Waals surface area contributed by atoms with Crippen LogP contribution in [0.4, 0.5) is 10.5 Å². The largest absolute Gasteiger partial charge is 0.325 e. The van der Waals surface area contributed by atoms with Gasteiger partial charge in [0.15, 0.2) is 0 Å². The molecular formula is C19H22N4O3S. The number of benzene rings is 1. The number of aromatic nitrogens is 1. The quantitative estimate of drug-likeness (QED) is 0.793. The molecule has 1 aromatic heterocycles. The number of nitrogens with zero attached hydrogens (tertiary/aromatic N) is 2. The van der Waals surface area contributed by atoms with Crippen molar-refractivity contribution in [3.8, 4) is 0 Å². The third kappa shape index (κ3) is 3.07. The summed E-state index contributed by atoms with van der Waals surface area (Å²) in [6.45, 7) is 3.65. The lowest BCUT2D eigenvalue weighted by Crippen LogP contribution is -2.54. The van der Waals surface area contributed by atoms with Crippen LogP contribution in [0.1, 0.15) is 37.6 Å². The van der Waals surface area contributed by atoms with Gasteiger partial charge in [0, 0.05) is 5.69 Å². The highest BCUT2D eigenvalue weighted by Gasteiger charge is 2.55. The zero-order valence-electron chi connectivity index (χ0n) is 15.4. The number of amides is 4. The van der Waals surface area contributed by atoms with E-state index in [0.29, 0.717) is 12.1 Å². The maximum absolute atomic E-state index is 12.9. The number of thiazole rings is 1. The molecule has 2 heterocycles. The fraction of sp³-hybridized carbons (Fsp3) is 0.474. The van der Waals surface area contributed by atoms with E-state index in [1.807, 2.05) is 26.0 Å². The van der Waals surface area contributed by atoms with Gasteiger partial charge in [-0.1, -0.05) is 19.8 Å². The number of fused-ring (bicyclic) bond motifs is 1. The molecule has 4 amide bonds. The normalized spacial score (nSPS) is 25.3. The minimum absolute atomic E-state index is 0.0766. The van der Waals surface area contributed by atoms with Crippen LogP contribution in [-0.4, -0.2) is 39.8 Å². The molecule has 2 fully saturated rings. The Bertz CT molecular complexity index is 940. The van der Waals surface area contributed by atoms with Gasteiger partial charge in [0.1, 0.15) is 12.1 Å². The number of carbonyl (C=O) groups excluding carboxylic acids is 3. The zero-order chi connectivity index (χ0) is 19.2.